The van der Waals surface area contributed by atoms with Crippen LogP contribution in [-0.4, -0.2) is 37.5 Å². The molecule has 178 valence electrons. The molecule has 4 rings (SSSR count). The number of aryl methyl sites for hydroxylation is 2. The molecule has 1 N–H and O–H groups in total. The molecule has 0 spiro atoms. The van der Waals surface area contributed by atoms with Gasteiger partial charge >= 0.3 is 0 Å². The molecule has 0 radical (unpaired) electrons. The minimum Gasteiger partial charge on any atom is -0.364 e. The average molecular weight is 460 g/mol. The molecule has 0 aliphatic heterocycles. The summed E-state index contributed by atoms with van der Waals surface area (Å²) in [7, 11) is 1.72. The van der Waals surface area contributed by atoms with E-state index in [9.17, 15) is 18.7 Å². The molecule has 1 aliphatic carbocycles. The number of hydrogen-bond donors (Lipinski definition) is 1. The molecule has 0 amide bonds. The second kappa shape index (κ2) is 8.65. The Morgan fingerprint density at radius 3 is 2.58 bits per heavy atom. The van der Waals surface area contributed by atoms with Gasteiger partial charge in [0.1, 0.15) is 5.82 Å². The number of nitrogens with zero attached hydrogens (tertiary/aromatic N) is 3. The maximum Gasteiger partial charge on any atom is 0.253 e. The molecule has 1 saturated carbocycles. The molecule has 2 heterocycles. The third-order valence-corrected chi connectivity index (χ3v) is 6.46. The van der Waals surface area contributed by atoms with Gasteiger partial charge in [0.05, 0.1) is 17.6 Å². The average Bonchev–Trinajstić information content (AvgIpc) is 3.08. The molecule has 3 aromatic rings. The zero-order valence-electron chi connectivity index (χ0n) is 19.6. The van der Waals surface area contributed by atoms with Crippen LogP contribution in [0.2, 0.25) is 0 Å². The number of aromatic nitrogens is 3. The first-order valence-corrected chi connectivity index (χ1v) is 11.4. The first-order chi connectivity index (χ1) is 15.5. The fourth-order valence-electron chi connectivity index (χ4n) is 4.78. The Labute approximate surface area is 191 Å². The lowest BCUT2D eigenvalue weighted by Crippen LogP contribution is -2.35. The number of aliphatic hydroxyl groups is 1. The van der Waals surface area contributed by atoms with Crippen molar-refractivity contribution >= 4 is 11.0 Å². The molecule has 0 bridgehead atoms. The Kier molecular flexibility index (Phi) is 6.18. The SMILES string of the molecule is CCO[C@@](C)(O)Cn1c(C2CCC(F)(F)CC2)nc2ccc(-c3cc(C)c(=O)n(C)c3)cc21. The highest BCUT2D eigenvalue weighted by Crippen LogP contribution is 2.41. The lowest BCUT2D eigenvalue weighted by atomic mass is 9.86. The normalized spacial score (nSPS) is 18.5. The van der Waals surface area contributed by atoms with E-state index in [2.05, 4.69) is 0 Å². The van der Waals surface area contributed by atoms with Gasteiger partial charge in [-0.2, -0.15) is 0 Å². The summed E-state index contributed by atoms with van der Waals surface area (Å²) < 4.78 is 36.6. The van der Waals surface area contributed by atoms with Crippen molar-refractivity contribution in [2.75, 3.05) is 6.61 Å². The molecule has 6 nitrogen and oxygen atoms in total. The zero-order valence-corrected chi connectivity index (χ0v) is 19.6. The highest BCUT2D eigenvalue weighted by Gasteiger charge is 2.37. The maximum atomic E-state index is 13.8. The Balaban J connectivity index is 1.82. The number of rotatable bonds is 6. The zero-order chi connectivity index (χ0) is 24.0. The smallest absolute Gasteiger partial charge is 0.253 e. The summed E-state index contributed by atoms with van der Waals surface area (Å²) in [6, 6.07) is 7.67. The second-order valence-electron chi connectivity index (χ2n) is 9.33. The fourth-order valence-corrected chi connectivity index (χ4v) is 4.78. The topological polar surface area (TPSA) is 69.3 Å². The predicted molar refractivity (Wildman–Crippen MR) is 124 cm³/mol. The molecule has 2 aromatic heterocycles. The van der Waals surface area contributed by atoms with Gasteiger partial charge in [-0.05, 0) is 62.9 Å². The fraction of sp³-hybridized carbons (Fsp3) is 0.520. The van der Waals surface area contributed by atoms with Gasteiger partial charge in [0, 0.05) is 44.2 Å². The van der Waals surface area contributed by atoms with Crippen molar-refractivity contribution < 1.29 is 18.6 Å². The summed E-state index contributed by atoms with van der Waals surface area (Å²) in [5, 5.41) is 10.8. The molecule has 33 heavy (non-hydrogen) atoms. The van der Waals surface area contributed by atoms with Gasteiger partial charge in [-0.15, -0.1) is 0 Å². The third kappa shape index (κ3) is 4.87. The summed E-state index contributed by atoms with van der Waals surface area (Å²) in [6.45, 7) is 5.67. The first-order valence-electron chi connectivity index (χ1n) is 11.4. The van der Waals surface area contributed by atoms with Crippen LogP contribution < -0.4 is 5.56 Å². The van der Waals surface area contributed by atoms with Crippen molar-refractivity contribution in [3.05, 3.63) is 52.2 Å². The van der Waals surface area contributed by atoms with E-state index >= 15 is 0 Å². The Hall–Kier alpha value is -2.58. The standard InChI is InChI=1S/C25H31F2N3O3/c1-5-33-24(3,32)15-30-21-13-18(19-12-16(2)23(31)29(4)14-19)6-7-20(21)28-22(30)17-8-10-25(26,27)11-9-17/h6-7,12-14,17,32H,5,8-11,15H2,1-4H3/t24-/m1/s1. The molecule has 1 fully saturated rings. The van der Waals surface area contributed by atoms with Crippen LogP contribution in [-0.2, 0) is 18.3 Å². The number of pyridine rings is 1. The van der Waals surface area contributed by atoms with E-state index in [4.69, 9.17) is 9.72 Å². The molecular formula is C25H31F2N3O3. The van der Waals surface area contributed by atoms with Crippen LogP contribution in [0.25, 0.3) is 22.2 Å². The van der Waals surface area contributed by atoms with E-state index in [1.54, 1.807) is 31.7 Å². The Morgan fingerprint density at radius 1 is 1.24 bits per heavy atom. The predicted octanol–water partition coefficient (Wildman–Crippen LogP) is 4.75. The number of alkyl halides is 2. The Bertz CT molecular complexity index is 1190. The molecule has 1 aromatic carbocycles. The van der Waals surface area contributed by atoms with E-state index < -0.39 is 11.7 Å². The minimum absolute atomic E-state index is 0.0472. The van der Waals surface area contributed by atoms with Crippen molar-refractivity contribution in [2.45, 2.75) is 70.6 Å². The van der Waals surface area contributed by atoms with E-state index in [1.807, 2.05) is 35.8 Å². The summed E-state index contributed by atoms with van der Waals surface area (Å²) in [5.41, 5.74) is 3.92. The summed E-state index contributed by atoms with van der Waals surface area (Å²) >= 11 is 0. The van der Waals surface area contributed by atoms with Crippen molar-refractivity contribution in [1.29, 1.82) is 0 Å². The van der Waals surface area contributed by atoms with Crippen molar-refractivity contribution in [1.82, 2.24) is 14.1 Å². The monoisotopic (exact) mass is 459 g/mol. The van der Waals surface area contributed by atoms with Crippen LogP contribution in [0.15, 0.2) is 35.3 Å². The van der Waals surface area contributed by atoms with Crippen LogP contribution in [0.5, 0.6) is 0 Å². The van der Waals surface area contributed by atoms with Crippen LogP contribution in [0.1, 0.15) is 56.8 Å². The molecule has 1 aliphatic rings. The lowest BCUT2D eigenvalue weighted by Gasteiger charge is -2.30. The number of fused-ring (bicyclic) bond motifs is 1. The highest BCUT2D eigenvalue weighted by atomic mass is 19.3. The van der Waals surface area contributed by atoms with E-state index in [0.717, 1.165) is 22.2 Å². The van der Waals surface area contributed by atoms with Gasteiger partial charge in [0.25, 0.3) is 5.56 Å². The van der Waals surface area contributed by atoms with Gasteiger partial charge < -0.3 is 19.0 Å². The number of halogens is 2. The van der Waals surface area contributed by atoms with Crippen molar-refractivity contribution in [3.8, 4) is 11.1 Å². The molecule has 8 heteroatoms. The molecule has 0 unspecified atom stereocenters. The molecule has 1 atom stereocenters. The number of ether oxygens (including phenoxy) is 1. The molecular weight excluding hydrogens is 428 g/mol. The largest absolute Gasteiger partial charge is 0.364 e. The first kappa shape index (κ1) is 23.6. The van der Waals surface area contributed by atoms with Gasteiger partial charge in [0.2, 0.25) is 5.92 Å². The second-order valence-corrected chi connectivity index (χ2v) is 9.33. The van der Waals surface area contributed by atoms with Crippen LogP contribution >= 0.6 is 0 Å². The van der Waals surface area contributed by atoms with Gasteiger partial charge in [0.15, 0.2) is 5.79 Å². The van der Waals surface area contributed by atoms with Crippen molar-refractivity contribution in [2.24, 2.45) is 7.05 Å². The van der Waals surface area contributed by atoms with E-state index in [1.165, 1.54) is 0 Å². The quantitative estimate of drug-likeness (QED) is 0.540. The minimum atomic E-state index is -2.63. The Morgan fingerprint density at radius 2 is 1.94 bits per heavy atom. The molecule has 0 saturated heterocycles. The summed E-state index contributed by atoms with van der Waals surface area (Å²) in [4.78, 5) is 16.9. The van der Waals surface area contributed by atoms with E-state index in [-0.39, 0.29) is 30.9 Å². The van der Waals surface area contributed by atoms with Crippen LogP contribution in [0.4, 0.5) is 8.78 Å². The third-order valence-electron chi connectivity index (χ3n) is 6.46. The summed E-state index contributed by atoms with van der Waals surface area (Å²) in [6.07, 6.45) is 2.16. The number of imidazole rings is 1. The van der Waals surface area contributed by atoms with E-state index in [0.29, 0.717) is 30.8 Å². The lowest BCUT2D eigenvalue weighted by molar-refractivity contribution is -0.195. The summed E-state index contributed by atoms with van der Waals surface area (Å²) in [5.74, 6) is -3.47. The van der Waals surface area contributed by atoms with Gasteiger partial charge in [-0.1, -0.05) is 6.07 Å². The van der Waals surface area contributed by atoms with Crippen LogP contribution in [0.3, 0.4) is 0 Å². The van der Waals surface area contributed by atoms with Crippen molar-refractivity contribution in [3.63, 3.8) is 0 Å². The van der Waals surface area contributed by atoms with Gasteiger partial charge in [-0.25, -0.2) is 13.8 Å². The van der Waals surface area contributed by atoms with Crippen LogP contribution in [0, 0.1) is 6.92 Å². The van der Waals surface area contributed by atoms with Gasteiger partial charge in [-0.3, -0.25) is 4.79 Å². The maximum absolute atomic E-state index is 13.8. The number of hydrogen-bond acceptors (Lipinski definition) is 4. The highest BCUT2D eigenvalue weighted by molar-refractivity contribution is 5.83. The number of benzene rings is 1.